The molecule has 3 rings (SSSR count). The van der Waals surface area contributed by atoms with Crippen LogP contribution in [-0.4, -0.2) is 42.0 Å². The van der Waals surface area contributed by atoms with Crippen LogP contribution < -0.4 is 10.5 Å². The van der Waals surface area contributed by atoms with Crippen LogP contribution in [0.2, 0.25) is 0 Å². The van der Waals surface area contributed by atoms with E-state index in [1.165, 1.54) is 25.3 Å². The van der Waals surface area contributed by atoms with E-state index >= 15 is 0 Å². The summed E-state index contributed by atoms with van der Waals surface area (Å²) in [6.45, 7) is 0.783. The molecule has 0 spiro atoms. The minimum Gasteiger partial charge on any atom is -0.497 e. The van der Waals surface area contributed by atoms with Gasteiger partial charge in [-0.15, -0.1) is 0 Å². The molecule has 0 aliphatic carbocycles. The van der Waals surface area contributed by atoms with Crippen LogP contribution in [0.5, 0.6) is 5.75 Å². The standard InChI is InChI=1S/C18H19N3O4/c1-25-13-7-8-17(21(23)24)14(9-13)18(22)20-10-15(16(19)11-20)12-5-3-2-4-6-12/h2-9,15-16H,10-11,19H2,1H3/t15-,16+/m0/s1. The van der Waals surface area contributed by atoms with Crippen LogP contribution in [0.1, 0.15) is 21.8 Å². The zero-order chi connectivity index (χ0) is 18.0. The van der Waals surface area contributed by atoms with Crippen LogP contribution in [0.25, 0.3) is 0 Å². The topological polar surface area (TPSA) is 98.7 Å². The smallest absolute Gasteiger partial charge is 0.282 e. The van der Waals surface area contributed by atoms with E-state index in [-0.39, 0.29) is 23.2 Å². The Labute approximate surface area is 145 Å². The number of hydrogen-bond acceptors (Lipinski definition) is 5. The summed E-state index contributed by atoms with van der Waals surface area (Å²) in [5.74, 6) is 0.00588. The van der Waals surface area contributed by atoms with Crippen molar-refractivity contribution in [2.75, 3.05) is 20.2 Å². The number of likely N-dealkylation sites (tertiary alicyclic amines) is 1. The van der Waals surface area contributed by atoms with Gasteiger partial charge in [-0.1, -0.05) is 30.3 Å². The van der Waals surface area contributed by atoms with Gasteiger partial charge in [-0.05, 0) is 17.7 Å². The third-order valence-electron chi connectivity index (χ3n) is 4.51. The molecular formula is C18H19N3O4. The number of carbonyl (C=O) groups is 1. The Morgan fingerprint density at radius 1 is 1.24 bits per heavy atom. The summed E-state index contributed by atoms with van der Waals surface area (Å²) in [6, 6.07) is 13.7. The first-order valence-corrected chi connectivity index (χ1v) is 7.93. The summed E-state index contributed by atoms with van der Waals surface area (Å²) >= 11 is 0. The van der Waals surface area contributed by atoms with Gasteiger partial charge in [0.05, 0.1) is 12.0 Å². The molecule has 1 heterocycles. The third kappa shape index (κ3) is 3.32. The zero-order valence-corrected chi connectivity index (χ0v) is 13.8. The monoisotopic (exact) mass is 341 g/mol. The van der Waals surface area contributed by atoms with Crippen molar-refractivity contribution in [2.24, 2.45) is 5.73 Å². The highest BCUT2D eigenvalue weighted by atomic mass is 16.6. The minimum atomic E-state index is -0.558. The van der Waals surface area contributed by atoms with Crippen LogP contribution in [0.4, 0.5) is 5.69 Å². The molecule has 1 saturated heterocycles. The second-order valence-corrected chi connectivity index (χ2v) is 6.03. The van der Waals surface area contributed by atoms with E-state index < -0.39 is 10.8 Å². The number of nitro benzene ring substituents is 1. The van der Waals surface area contributed by atoms with Crippen LogP contribution >= 0.6 is 0 Å². The van der Waals surface area contributed by atoms with Gasteiger partial charge in [0.25, 0.3) is 11.6 Å². The molecule has 2 atom stereocenters. The molecule has 7 nitrogen and oxygen atoms in total. The predicted molar refractivity (Wildman–Crippen MR) is 92.7 cm³/mol. The molecule has 1 amide bonds. The maximum atomic E-state index is 12.9. The molecule has 130 valence electrons. The Kier molecular flexibility index (Phi) is 4.67. The summed E-state index contributed by atoms with van der Waals surface area (Å²) < 4.78 is 5.10. The average Bonchev–Trinajstić information content (AvgIpc) is 3.03. The van der Waals surface area contributed by atoms with E-state index in [0.29, 0.717) is 18.8 Å². The molecule has 0 aromatic heterocycles. The summed E-state index contributed by atoms with van der Waals surface area (Å²) in [7, 11) is 1.45. The highest BCUT2D eigenvalue weighted by molar-refractivity contribution is 5.98. The first-order chi connectivity index (χ1) is 12.0. The van der Waals surface area contributed by atoms with Crippen molar-refractivity contribution in [3.8, 4) is 5.75 Å². The molecule has 7 heteroatoms. The number of nitrogens with two attached hydrogens (primary N) is 1. The summed E-state index contributed by atoms with van der Waals surface area (Å²) in [5.41, 5.74) is 7.06. The number of nitrogens with zero attached hydrogens (tertiary/aromatic N) is 2. The molecule has 2 N–H and O–H groups in total. The first-order valence-electron chi connectivity index (χ1n) is 7.93. The largest absolute Gasteiger partial charge is 0.497 e. The SMILES string of the molecule is COc1ccc([N+](=O)[O-])c(C(=O)N2C[C@@H](N)[C@H](c3ccccc3)C2)c1. The molecular weight excluding hydrogens is 322 g/mol. The molecule has 2 aromatic rings. The lowest BCUT2D eigenvalue weighted by Crippen LogP contribution is -2.32. The van der Waals surface area contributed by atoms with Gasteiger partial charge in [-0.25, -0.2) is 0 Å². The number of carbonyl (C=O) groups excluding carboxylic acids is 1. The van der Waals surface area contributed by atoms with E-state index in [2.05, 4.69) is 0 Å². The van der Waals surface area contributed by atoms with Gasteiger partial charge in [0.2, 0.25) is 0 Å². The van der Waals surface area contributed by atoms with E-state index in [1.807, 2.05) is 30.3 Å². The van der Waals surface area contributed by atoms with Gasteiger partial charge in [-0.3, -0.25) is 14.9 Å². The van der Waals surface area contributed by atoms with Crippen molar-refractivity contribution in [3.63, 3.8) is 0 Å². The average molecular weight is 341 g/mol. The summed E-state index contributed by atoms with van der Waals surface area (Å²) in [5, 5.41) is 11.3. The van der Waals surface area contributed by atoms with Gasteiger partial charge < -0.3 is 15.4 Å². The van der Waals surface area contributed by atoms with E-state index in [9.17, 15) is 14.9 Å². The Bertz CT molecular complexity index is 794. The fourth-order valence-electron chi connectivity index (χ4n) is 3.19. The lowest BCUT2D eigenvalue weighted by Gasteiger charge is -2.17. The van der Waals surface area contributed by atoms with Crippen LogP contribution in [0.3, 0.4) is 0 Å². The van der Waals surface area contributed by atoms with Crippen molar-refractivity contribution >= 4 is 11.6 Å². The minimum absolute atomic E-state index is 0.00909. The lowest BCUT2D eigenvalue weighted by molar-refractivity contribution is -0.385. The molecule has 1 aliphatic heterocycles. The second-order valence-electron chi connectivity index (χ2n) is 6.03. The third-order valence-corrected chi connectivity index (χ3v) is 4.51. The second kappa shape index (κ2) is 6.90. The van der Waals surface area contributed by atoms with E-state index in [1.54, 1.807) is 4.90 Å². The number of ether oxygens (including phenoxy) is 1. The highest BCUT2D eigenvalue weighted by Gasteiger charge is 2.36. The van der Waals surface area contributed by atoms with Crippen molar-refractivity contribution in [1.82, 2.24) is 4.90 Å². The Morgan fingerprint density at radius 2 is 1.96 bits per heavy atom. The van der Waals surface area contributed by atoms with Crippen LogP contribution in [-0.2, 0) is 0 Å². The molecule has 0 bridgehead atoms. The maximum absolute atomic E-state index is 12.9. The molecule has 25 heavy (non-hydrogen) atoms. The Hall–Kier alpha value is -2.93. The number of rotatable bonds is 4. The number of hydrogen-bond donors (Lipinski definition) is 1. The van der Waals surface area contributed by atoms with Crippen LogP contribution in [0, 0.1) is 10.1 Å². The number of benzene rings is 2. The van der Waals surface area contributed by atoms with Crippen molar-refractivity contribution in [2.45, 2.75) is 12.0 Å². The number of amides is 1. The predicted octanol–water partition coefficient (Wildman–Crippen LogP) is 2.17. The highest BCUT2D eigenvalue weighted by Crippen LogP contribution is 2.30. The number of nitro groups is 1. The quantitative estimate of drug-likeness (QED) is 0.679. The lowest BCUT2D eigenvalue weighted by atomic mass is 9.95. The van der Waals surface area contributed by atoms with Gasteiger partial charge in [-0.2, -0.15) is 0 Å². The van der Waals surface area contributed by atoms with Crippen LogP contribution in [0.15, 0.2) is 48.5 Å². The molecule has 1 aliphatic rings. The molecule has 0 saturated carbocycles. The zero-order valence-electron chi connectivity index (χ0n) is 13.8. The van der Waals surface area contributed by atoms with Gasteiger partial charge in [0.15, 0.2) is 0 Å². The van der Waals surface area contributed by atoms with Crippen molar-refractivity contribution in [3.05, 3.63) is 69.8 Å². The van der Waals surface area contributed by atoms with Gasteiger partial charge in [0, 0.05) is 31.1 Å². The molecule has 1 fully saturated rings. The van der Waals surface area contributed by atoms with E-state index in [4.69, 9.17) is 10.5 Å². The Balaban J connectivity index is 1.88. The molecule has 0 radical (unpaired) electrons. The van der Waals surface area contributed by atoms with Gasteiger partial charge in [0.1, 0.15) is 11.3 Å². The number of methoxy groups -OCH3 is 1. The van der Waals surface area contributed by atoms with Crippen molar-refractivity contribution < 1.29 is 14.5 Å². The first kappa shape index (κ1) is 16.9. The van der Waals surface area contributed by atoms with Crippen molar-refractivity contribution in [1.29, 1.82) is 0 Å². The normalized spacial score (nSPS) is 19.7. The fourth-order valence-corrected chi connectivity index (χ4v) is 3.19. The van der Waals surface area contributed by atoms with E-state index in [0.717, 1.165) is 5.56 Å². The maximum Gasteiger partial charge on any atom is 0.282 e. The Morgan fingerprint density at radius 3 is 2.60 bits per heavy atom. The molecule has 2 aromatic carbocycles. The fraction of sp³-hybridized carbons (Fsp3) is 0.278. The molecule has 0 unspecified atom stereocenters. The summed E-state index contributed by atoms with van der Waals surface area (Å²) in [4.78, 5) is 25.1. The van der Waals surface area contributed by atoms with Gasteiger partial charge >= 0.3 is 0 Å². The summed E-state index contributed by atoms with van der Waals surface area (Å²) in [6.07, 6.45) is 0.